The summed E-state index contributed by atoms with van der Waals surface area (Å²) < 4.78 is 14.1. The summed E-state index contributed by atoms with van der Waals surface area (Å²) in [4.78, 5) is 0. The number of halogens is 4. The molecule has 0 spiro atoms. The van der Waals surface area contributed by atoms with E-state index in [2.05, 4.69) is 5.32 Å². The zero-order valence-corrected chi connectivity index (χ0v) is 13.7. The van der Waals surface area contributed by atoms with Crippen LogP contribution in [0.4, 0.5) is 4.39 Å². The number of likely N-dealkylation sites (N-methyl/N-ethyl adjacent to an activating group) is 1. The number of hydrogen-bond donors (Lipinski definition) is 1. The van der Waals surface area contributed by atoms with Crippen LogP contribution in [0.15, 0.2) is 36.4 Å². The van der Waals surface area contributed by atoms with Crippen molar-refractivity contribution in [2.75, 3.05) is 6.54 Å². The second-order valence-electron chi connectivity index (χ2n) is 4.73. The molecule has 0 amide bonds. The van der Waals surface area contributed by atoms with Crippen molar-refractivity contribution in [2.24, 2.45) is 0 Å². The van der Waals surface area contributed by atoms with E-state index in [1.165, 1.54) is 6.07 Å². The zero-order valence-electron chi connectivity index (χ0n) is 11.5. The van der Waals surface area contributed by atoms with Gasteiger partial charge in [0, 0.05) is 16.6 Å². The van der Waals surface area contributed by atoms with Crippen molar-refractivity contribution in [3.05, 3.63) is 68.4 Å². The molecule has 0 aliphatic heterocycles. The standard InChI is InChI=1S/C16H15Cl3FN/c1-2-21-16(12-5-4-11(17)9-15(12)20)8-10-3-6-13(18)14(19)7-10/h3-7,9,16,21H,2,8H2,1H3. The molecule has 2 aromatic carbocycles. The highest BCUT2D eigenvalue weighted by Crippen LogP contribution is 2.27. The lowest BCUT2D eigenvalue weighted by atomic mass is 9.98. The van der Waals surface area contributed by atoms with Crippen LogP contribution in [0.2, 0.25) is 15.1 Å². The van der Waals surface area contributed by atoms with Gasteiger partial charge in [-0.25, -0.2) is 4.39 Å². The molecule has 0 aliphatic rings. The molecule has 2 aromatic rings. The number of benzene rings is 2. The third-order valence-electron chi connectivity index (χ3n) is 3.21. The highest BCUT2D eigenvalue weighted by Gasteiger charge is 2.16. The maximum absolute atomic E-state index is 14.1. The molecular formula is C16H15Cl3FN. The maximum atomic E-state index is 14.1. The molecule has 0 radical (unpaired) electrons. The summed E-state index contributed by atoms with van der Waals surface area (Å²) in [5.41, 5.74) is 1.58. The van der Waals surface area contributed by atoms with Gasteiger partial charge in [-0.3, -0.25) is 0 Å². The summed E-state index contributed by atoms with van der Waals surface area (Å²) in [5.74, 6) is -0.312. The Labute approximate surface area is 139 Å². The van der Waals surface area contributed by atoms with Crippen molar-refractivity contribution in [3.8, 4) is 0 Å². The average molecular weight is 347 g/mol. The van der Waals surface area contributed by atoms with Gasteiger partial charge < -0.3 is 5.32 Å². The van der Waals surface area contributed by atoms with E-state index in [9.17, 15) is 4.39 Å². The summed E-state index contributed by atoms with van der Waals surface area (Å²) >= 11 is 17.7. The molecule has 1 N–H and O–H groups in total. The molecule has 21 heavy (non-hydrogen) atoms. The minimum atomic E-state index is -0.312. The molecule has 0 bridgehead atoms. The molecular weight excluding hydrogens is 332 g/mol. The van der Waals surface area contributed by atoms with Gasteiger partial charge >= 0.3 is 0 Å². The molecule has 0 heterocycles. The van der Waals surface area contributed by atoms with Gasteiger partial charge in [-0.05, 0) is 42.8 Å². The summed E-state index contributed by atoms with van der Waals surface area (Å²) in [6.07, 6.45) is 0.614. The molecule has 0 aliphatic carbocycles. The van der Waals surface area contributed by atoms with Crippen molar-refractivity contribution in [2.45, 2.75) is 19.4 Å². The van der Waals surface area contributed by atoms with Crippen LogP contribution in [0.5, 0.6) is 0 Å². The first-order valence-corrected chi connectivity index (χ1v) is 7.77. The summed E-state index contributed by atoms with van der Waals surface area (Å²) in [6, 6.07) is 10.0. The minimum Gasteiger partial charge on any atom is -0.310 e. The van der Waals surface area contributed by atoms with Gasteiger partial charge in [-0.2, -0.15) is 0 Å². The van der Waals surface area contributed by atoms with Crippen molar-refractivity contribution >= 4 is 34.8 Å². The Morgan fingerprint density at radius 3 is 2.43 bits per heavy atom. The van der Waals surface area contributed by atoms with Crippen molar-refractivity contribution in [1.29, 1.82) is 0 Å². The quantitative estimate of drug-likeness (QED) is 0.734. The largest absolute Gasteiger partial charge is 0.310 e. The monoisotopic (exact) mass is 345 g/mol. The molecule has 2 rings (SSSR count). The van der Waals surface area contributed by atoms with Gasteiger partial charge in [0.1, 0.15) is 5.82 Å². The molecule has 1 atom stereocenters. The summed E-state index contributed by atoms with van der Waals surface area (Å²) in [7, 11) is 0. The molecule has 0 saturated heterocycles. The Kier molecular flexibility index (Phi) is 5.88. The van der Waals surface area contributed by atoms with Crippen LogP contribution >= 0.6 is 34.8 Å². The molecule has 0 fully saturated rings. The van der Waals surface area contributed by atoms with Crippen LogP contribution < -0.4 is 5.32 Å². The second kappa shape index (κ2) is 7.46. The van der Waals surface area contributed by atoms with Gasteiger partial charge in [0.15, 0.2) is 0 Å². The Morgan fingerprint density at radius 2 is 1.81 bits per heavy atom. The average Bonchev–Trinajstić information content (AvgIpc) is 2.42. The fourth-order valence-electron chi connectivity index (χ4n) is 2.22. The second-order valence-corrected chi connectivity index (χ2v) is 5.98. The van der Waals surface area contributed by atoms with E-state index < -0.39 is 0 Å². The van der Waals surface area contributed by atoms with E-state index in [1.807, 2.05) is 19.1 Å². The molecule has 5 heteroatoms. The lowest BCUT2D eigenvalue weighted by Crippen LogP contribution is -2.24. The number of hydrogen-bond acceptors (Lipinski definition) is 1. The van der Waals surface area contributed by atoms with Gasteiger partial charge in [0.25, 0.3) is 0 Å². The Hall–Kier alpha value is -0.800. The van der Waals surface area contributed by atoms with E-state index in [-0.39, 0.29) is 11.9 Å². The predicted molar refractivity (Wildman–Crippen MR) is 88.0 cm³/mol. The van der Waals surface area contributed by atoms with Gasteiger partial charge in [0.2, 0.25) is 0 Å². The van der Waals surface area contributed by atoms with Gasteiger partial charge in [-0.1, -0.05) is 53.9 Å². The molecule has 1 unspecified atom stereocenters. The molecule has 1 nitrogen and oxygen atoms in total. The van der Waals surface area contributed by atoms with E-state index in [0.717, 1.165) is 12.1 Å². The normalized spacial score (nSPS) is 12.4. The third kappa shape index (κ3) is 4.33. The van der Waals surface area contributed by atoms with Crippen molar-refractivity contribution < 1.29 is 4.39 Å². The number of nitrogens with one attached hydrogen (secondary N) is 1. The first-order valence-electron chi connectivity index (χ1n) is 6.63. The van der Waals surface area contributed by atoms with Crippen LogP contribution in [0.25, 0.3) is 0 Å². The lowest BCUT2D eigenvalue weighted by molar-refractivity contribution is 0.510. The Balaban J connectivity index is 2.28. The highest BCUT2D eigenvalue weighted by atomic mass is 35.5. The topological polar surface area (TPSA) is 12.0 Å². The Bertz CT molecular complexity index is 631. The third-order valence-corrected chi connectivity index (χ3v) is 4.19. The van der Waals surface area contributed by atoms with Crippen LogP contribution in [-0.2, 0) is 6.42 Å². The van der Waals surface area contributed by atoms with E-state index in [0.29, 0.717) is 27.1 Å². The predicted octanol–water partition coefficient (Wildman–Crippen LogP) is 5.68. The molecule has 0 aromatic heterocycles. The van der Waals surface area contributed by atoms with E-state index in [1.54, 1.807) is 18.2 Å². The smallest absolute Gasteiger partial charge is 0.129 e. The van der Waals surface area contributed by atoms with Gasteiger partial charge in [0.05, 0.1) is 10.0 Å². The van der Waals surface area contributed by atoms with Crippen LogP contribution in [0, 0.1) is 5.82 Å². The fraction of sp³-hybridized carbons (Fsp3) is 0.250. The Morgan fingerprint density at radius 1 is 1.05 bits per heavy atom. The van der Waals surface area contributed by atoms with E-state index >= 15 is 0 Å². The van der Waals surface area contributed by atoms with Crippen molar-refractivity contribution in [1.82, 2.24) is 5.32 Å². The first-order chi connectivity index (χ1) is 10.0. The summed E-state index contributed by atoms with van der Waals surface area (Å²) in [5, 5.41) is 4.69. The van der Waals surface area contributed by atoms with Crippen LogP contribution in [0.1, 0.15) is 24.1 Å². The minimum absolute atomic E-state index is 0.149. The van der Waals surface area contributed by atoms with Crippen LogP contribution in [-0.4, -0.2) is 6.54 Å². The number of rotatable bonds is 5. The SMILES string of the molecule is CCNC(Cc1ccc(Cl)c(Cl)c1)c1ccc(Cl)cc1F. The highest BCUT2D eigenvalue weighted by molar-refractivity contribution is 6.42. The van der Waals surface area contributed by atoms with Crippen molar-refractivity contribution in [3.63, 3.8) is 0 Å². The van der Waals surface area contributed by atoms with Gasteiger partial charge in [-0.15, -0.1) is 0 Å². The summed E-state index contributed by atoms with van der Waals surface area (Å²) in [6.45, 7) is 2.71. The lowest BCUT2D eigenvalue weighted by Gasteiger charge is -2.19. The maximum Gasteiger partial charge on any atom is 0.129 e. The molecule has 112 valence electrons. The van der Waals surface area contributed by atoms with E-state index in [4.69, 9.17) is 34.8 Å². The van der Waals surface area contributed by atoms with Crippen LogP contribution in [0.3, 0.4) is 0 Å². The first kappa shape index (κ1) is 16.6. The fourth-order valence-corrected chi connectivity index (χ4v) is 2.70. The zero-order chi connectivity index (χ0) is 15.4. The molecule has 0 saturated carbocycles.